The summed E-state index contributed by atoms with van der Waals surface area (Å²) in [5.74, 6) is 0. The van der Waals surface area contributed by atoms with Crippen LogP contribution in [0.2, 0.25) is 0 Å². The number of hydrogen-bond acceptors (Lipinski definition) is 6. The molecule has 0 radical (unpaired) electrons. The second-order valence-corrected chi connectivity index (χ2v) is 8.74. The molecule has 0 saturated heterocycles. The van der Waals surface area contributed by atoms with E-state index in [0.29, 0.717) is 5.56 Å². The summed E-state index contributed by atoms with van der Waals surface area (Å²) in [6, 6.07) is 18.4. The van der Waals surface area contributed by atoms with Crippen molar-refractivity contribution in [2.45, 2.75) is 19.9 Å². The number of nitrogens with one attached hydrogen (secondary N) is 3. The minimum Gasteiger partial charge on any atom is -0.361 e. The van der Waals surface area contributed by atoms with Crippen LogP contribution in [0.1, 0.15) is 33.6 Å². The van der Waals surface area contributed by atoms with Gasteiger partial charge in [-0.25, -0.2) is 0 Å². The van der Waals surface area contributed by atoms with E-state index in [0.717, 1.165) is 69.9 Å². The molecule has 7 heteroatoms. The normalized spacial score (nSPS) is 11.1. The molecule has 5 rings (SSSR count). The number of H-pyrrole nitrogens is 1. The van der Waals surface area contributed by atoms with Gasteiger partial charge in [-0.15, -0.1) is 0 Å². The fourth-order valence-corrected chi connectivity index (χ4v) is 4.19. The van der Waals surface area contributed by atoms with Crippen molar-refractivity contribution in [1.29, 1.82) is 5.26 Å². The molecule has 37 heavy (non-hydrogen) atoms. The summed E-state index contributed by atoms with van der Waals surface area (Å²) >= 11 is 0. The van der Waals surface area contributed by atoms with Gasteiger partial charge in [-0.2, -0.15) is 5.26 Å². The molecule has 0 aliphatic carbocycles. The molecular weight excluding hydrogens is 458 g/mol. The maximum absolute atomic E-state index is 9.72. The van der Waals surface area contributed by atoms with Gasteiger partial charge < -0.3 is 15.6 Å². The first-order chi connectivity index (χ1) is 18.2. The fraction of sp³-hybridized carbons (Fsp3) is 0.133. The molecule has 0 saturated carbocycles. The average Bonchev–Trinajstić information content (AvgIpc) is 3.43. The number of nitriles is 1. The SMILES string of the molecule is Cc1c(Nc2c(C#N)cncc2/C=C/c2ccc(CNCCc3ccccn3)cn2)ccc2[nH]ccc12. The van der Waals surface area contributed by atoms with Crippen LogP contribution in [0.25, 0.3) is 23.1 Å². The van der Waals surface area contributed by atoms with E-state index in [1.807, 2.05) is 67.1 Å². The molecule has 0 aliphatic heterocycles. The lowest BCUT2D eigenvalue weighted by molar-refractivity contribution is 0.678. The average molecular weight is 486 g/mol. The van der Waals surface area contributed by atoms with Crippen molar-refractivity contribution in [2.75, 3.05) is 11.9 Å². The molecule has 5 aromatic rings. The predicted octanol–water partition coefficient (Wildman–Crippen LogP) is 5.78. The van der Waals surface area contributed by atoms with Crippen molar-refractivity contribution >= 4 is 34.4 Å². The number of anilines is 2. The summed E-state index contributed by atoms with van der Waals surface area (Å²) in [7, 11) is 0. The van der Waals surface area contributed by atoms with E-state index < -0.39 is 0 Å². The van der Waals surface area contributed by atoms with E-state index >= 15 is 0 Å². The Hall–Kier alpha value is -4.80. The quantitative estimate of drug-likeness (QED) is 0.229. The third kappa shape index (κ3) is 5.72. The van der Waals surface area contributed by atoms with Gasteiger partial charge in [0.15, 0.2) is 0 Å². The number of aromatic nitrogens is 4. The number of nitrogens with zero attached hydrogens (tertiary/aromatic N) is 4. The topological polar surface area (TPSA) is 102 Å². The number of pyridine rings is 3. The third-order valence-corrected chi connectivity index (χ3v) is 6.25. The van der Waals surface area contributed by atoms with E-state index in [-0.39, 0.29) is 0 Å². The van der Waals surface area contributed by atoms with Crippen LogP contribution in [0.5, 0.6) is 0 Å². The highest BCUT2D eigenvalue weighted by molar-refractivity contribution is 5.90. The molecule has 1 aromatic carbocycles. The van der Waals surface area contributed by atoms with Gasteiger partial charge in [0.2, 0.25) is 0 Å². The van der Waals surface area contributed by atoms with Crippen LogP contribution in [0.15, 0.2) is 79.5 Å². The summed E-state index contributed by atoms with van der Waals surface area (Å²) < 4.78 is 0. The number of aromatic amines is 1. The molecule has 0 fully saturated rings. The summed E-state index contributed by atoms with van der Waals surface area (Å²) in [5.41, 5.74) is 8.18. The number of hydrogen-bond donors (Lipinski definition) is 3. The predicted molar refractivity (Wildman–Crippen MR) is 148 cm³/mol. The third-order valence-electron chi connectivity index (χ3n) is 6.25. The van der Waals surface area contributed by atoms with Gasteiger partial charge in [0.25, 0.3) is 0 Å². The molecular formula is C30H27N7. The second-order valence-electron chi connectivity index (χ2n) is 8.74. The Morgan fingerprint density at radius 1 is 1.00 bits per heavy atom. The molecule has 0 spiro atoms. The molecule has 182 valence electrons. The Morgan fingerprint density at radius 2 is 1.95 bits per heavy atom. The van der Waals surface area contributed by atoms with Gasteiger partial charge in [0, 0.05) is 78.3 Å². The summed E-state index contributed by atoms with van der Waals surface area (Å²) in [5, 5.41) is 17.8. The summed E-state index contributed by atoms with van der Waals surface area (Å²) in [6.07, 6.45) is 13.7. The van der Waals surface area contributed by atoms with Crippen molar-refractivity contribution in [3.63, 3.8) is 0 Å². The second kappa shape index (κ2) is 11.3. The lowest BCUT2D eigenvalue weighted by Gasteiger charge is -2.14. The van der Waals surface area contributed by atoms with Crippen molar-refractivity contribution < 1.29 is 0 Å². The number of fused-ring (bicyclic) bond motifs is 1. The van der Waals surface area contributed by atoms with Gasteiger partial charge in [-0.05, 0) is 66.6 Å². The summed E-state index contributed by atoms with van der Waals surface area (Å²) in [4.78, 5) is 16.4. The molecule has 4 heterocycles. The van der Waals surface area contributed by atoms with Crippen molar-refractivity contribution in [3.8, 4) is 6.07 Å². The summed E-state index contributed by atoms with van der Waals surface area (Å²) in [6.45, 7) is 3.67. The first-order valence-electron chi connectivity index (χ1n) is 12.2. The zero-order valence-electron chi connectivity index (χ0n) is 20.6. The Morgan fingerprint density at radius 3 is 2.76 bits per heavy atom. The molecule has 7 nitrogen and oxygen atoms in total. The van der Waals surface area contributed by atoms with E-state index in [9.17, 15) is 5.26 Å². The minimum atomic E-state index is 0.482. The lowest BCUT2D eigenvalue weighted by atomic mass is 10.1. The van der Waals surface area contributed by atoms with Crippen molar-refractivity contribution in [3.05, 3.63) is 113 Å². The van der Waals surface area contributed by atoms with Gasteiger partial charge >= 0.3 is 0 Å². The van der Waals surface area contributed by atoms with E-state index in [1.165, 1.54) is 0 Å². The maximum atomic E-state index is 9.72. The molecule has 0 bridgehead atoms. The van der Waals surface area contributed by atoms with Crippen LogP contribution in [-0.4, -0.2) is 26.5 Å². The Balaban J connectivity index is 1.27. The number of aryl methyl sites for hydroxylation is 1. The van der Waals surface area contributed by atoms with E-state index in [2.05, 4.69) is 55.7 Å². The molecule has 4 aromatic heterocycles. The van der Waals surface area contributed by atoms with Gasteiger partial charge in [-0.3, -0.25) is 15.0 Å². The molecule has 0 amide bonds. The van der Waals surface area contributed by atoms with Crippen LogP contribution in [0.4, 0.5) is 11.4 Å². The fourth-order valence-electron chi connectivity index (χ4n) is 4.19. The van der Waals surface area contributed by atoms with Gasteiger partial charge in [0.05, 0.1) is 16.9 Å². The van der Waals surface area contributed by atoms with Crippen LogP contribution in [0, 0.1) is 18.3 Å². The van der Waals surface area contributed by atoms with Crippen LogP contribution < -0.4 is 10.6 Å². The highest BCUT2D eigenvalue weighted by atomic mass is 14.9. The molecule has 3 N–H and O–H groups in total. The maximum Gasteiger partial charge on any atom is 0.103 e. The van der Waals surface area contributed by atoms with Crippen molar-refractivity contribution in [2.24, 2.45) is 0 Å². The Labute approximate surface area is 216 Å². The van der Waals surface area contributed by atoms with E-state index in [1.54, 1.807) is 12.4 Å². The molecule has 0 aliphatic rings. The number of benzene rings is 1. The highest BCUT2D eigenvalue weighted by Crippen LogP contribution is 2.31. The zero-order chi connectivity index (χ0) is 25.5. The Kier molecular flexibility index (Phi) is 7.30. The van der Waals surface area contributed by atoms with Crippen LogP contribution in [-0.2, 0) is 13.0 Å². The molecule has 0 unspecified atom stereocenters. The molecule has 0 atom stereocenters. The van der Waals surface area contributed by atoms with E-state index in [4.69, 9.17) is 0 Å². The zero-order valence-corrected chi connectivity index (χ0v) is 20.6. The van der Waals surface area contributed by atoms with Crippen LogP contribution in [0.3, 0.4) is 0 Å². The smallest absolute Gasteiger partial charge is 0.103 e. The van der Waals surface area contributed by atoms with Gasteiger partial charge in [0.1, 0.15) is 6.07 Å². The largest absolute Gasteiger partial charge is 0.361 e. The highest BCUT2D eigenvalue weighted by Gasteiger charge is 2.11. The van der Waals surface area contributed by atoms with Crippen LogP contribution >= 0.6 is 0 Å². The van der Waals surface area contributed by atoms with Crippen molar-refractivity contribution in [1.82, 2.24) is 25.3 Å². The first kappa shape index (κ1) is 23.9. The monoisotopic (exact) mass is 485 g/mol. The van der Waals surface area contributed by atoms with Gasteiger partial charge in [-0.1, -0.05) is 12.1 Å². The Bertz CT molecular complexity index is 1560. The minimum absolute atomic E-state index is 0.482. The number of rotatable bonds is 9. The first-order valence-corrected chi connectivity index (χ1v) is 12.2. The standard InChI is InChI=1S/C30H27N7/c1-21-27-12-15-35-29(27)10-9-28(21)37-30-23(19-33-20-24(30)16-31)6-8-26-7-5-22(18-36-26)17-32-14-11-25-4-2-3-13-34-25/h2-10,12-13,15,18-20,32,35H,11,14,17H2,1H3,(H,33,37)/b8-6+. The lowest BCUT2D eigenvalue weighted by Crippen LogP contribution is -2.17.